The van der Waals surface area contributed by atoms with Gasteiger partial charge in [-0.1, -0.05) is 0 Å². The highest BCUT2D eigenvalue weighted by molar-refractivity contribution is 7.92. The molecule has 1 aliphatic rings. The highest BCUT2D eigenvalue weighted by Gasteiger charge is 2.29. The third-order valence-electron chi connectivity index (χ3n) is 6.80. The van der Waals surface area contributed by atoms with Crippen LogP contribution in [0, 0.1) is 0 Å². The number of rotatable bonds is 10. The Morgan fingerprint density at radius 1 is 0.829 bits per heavy atom. The van der Waals surface area contributed by atoms with E-state index in [4.69, 9.17) is 14.2 Å². The zero-order valence-electron chi connectivity index (χ0n) is 23.5. The first-order valence-corrected chi connectivity index (χ1v) is 14.4. The summed E-state index contributed by atoms with van der Waals surface area (Å²) in [4.78, 5) is 29.9. The number of hydrogen-bond acceptors (Lipinski definition) is 8. The normalized spacial score (nSPS) is 13.8. The molecule has 1 fully saturated rings. The van der Waals surface area contributed by atoms with E-state index >= 15 is 0 Å². The first-order valence-electron chi connectivity index (χ1n) is 12.9. The lowest BCUT2D eigenvalue weighted by molar-refractivity contribution is -0.114. The van der Waals surface area contributed by atoms with E-state index in [1.165, 1.54) is 39.5 Å². The van der Waals surface area contributed by atoms with Gasteiger partial charge in [-0.05, 0) is 67.7 Å². The number of carbonyl (C=O) groups excluding carboxylic acids is 2. The summed E-state index contributed by atoms with van der Waals surface area (Å²) in [6.45, 7) is 2.44. The second kappa shape index (κ2) is 12.9. The number of anilines is 2. The number of nitrogens with one attached hydrogen (secondary N) is 1. The van der Waals surface area contributed by atoms with Crippen LogP contribution in [0.3, 0.4) is 0 Å². The highest BCUT2D eigenvalue weighted by atomic mass is 32.2. The lowest BCUT2D eigenvalue weighted by Gasteiger charge is -2.32. The van der Waals surface area contributed by atoms with E-state index in [0.29, 0.717) is 35.8 Å². The Morgan fingerprint density at radius 2 is 1.46 bits per heavy atom. The van der Waals surface area contributed by atoms with Crippen LogP contribution in [-0.2, 0) is 14.8 Å². The molecule has 3 aromatic rings. The maximum Gasteiger partial charge on any atom is 0.264 e. The third kappa shape index (κ3) is 6.90. The van der Waals surface area contributed by atoms with Gasteiger partial charge in [-0.15, -0.1) is 0 Å². The van der Waals surface area contributed by atoms with Gasteiger partial charge in [0.15, 0.2) is 11.5 Å². The van der Waals surface area contributed by atoms with Crippen molar-refractivity contribution in [2.45, 2.75) is 4.90 Å². The molecule has 11 nitrogen and oxygen atoms in total. The number of amides is 2. The SMILES string of the molecule is COc1ccc(N(CC(=O)Nc2ccc(C(=O)N3CCN(C)CC3)cc2)S(=O)(=O)c2ccc(OC)c(OC)c2)cc1. The number of ether oxygens (including phenoxy) is 3. The lowest BCUT2D eigenvalue weighted by atomic mass is 10.1. The second-order valence-electron chi connectivity index (χ2n) is 9.45. The maximum absolute atomic E-state index is 13.8. The zero-order valence-corrected chi connectivity index (χ0v) is 24.3. The monoisotopic (exact) mass is 582 g/mol. The Labute approximate surface area is 240 Å². The topological polar surface area (TPSA) is 118 Å². The van der Waals surface area contributed by atoms with Crippen molar-refractivity contribution in [2.75, 3.05) is 70.7 Å². The van der Waals surface area contributed by atoms with E-state index < -0.39 is 22.5 Å². The van der Waals surface area contributed by atoms with Crippen LogP contribution in [-0.4, -0.2) is 91.1 Å². The number of sulfonamides is 1. The Hall–Kier alpha value is -4.29. The second-order valence-corrected chi connectivity index (χ2v) is 11.3. The van der Waals surface area contributed by atoms with Gasteiger partial charge < -0.3 is 29.3 Å². The molecule has 218 valence electrons. The molecule has 0 bridgehead atoms. The quantitative estimate of drug-likeness (QED) is 0.388. The minimum absolute atomic E-state index is 0.0670. The molecule has 41 heavy (non-hydrogen) atoms. The van der Waals surface area contributed by atoms with Crippen LogP contribution in [0.1, 0.15) is 10.4 Å². The Balaban J connectivity index is 1.54. The summed E-state index contributed by atoms with van der Waals surface area (Å²) >= 11 is 0. The van der Waals surface area contributed by atoms with Crippen molar-refractivity contribution in [3.63, 3.8) is 0 Å². The van der Waals surface area contributed by atoms with E-state index in [-0.39, 0.29) is 22.2 Å². The van der Waals surface area contributed by atoms with Crippen molar-refractivity contribution >= 4 is 33.2 Å². The molecule has 4 rings (SSSR count). The molecule has 0 atom stereocenters. The summed E-state index contributed by atoms with van der Waals surface area (Å²) in [6.07, 6.45) is 0. The summed E-state index contributed by atoms with van der Waals surface area (Å²) in [7, 11) is 2.18. The van der Waals surface area contributed by atoms with Crippen molar-refractivity contribution in [2.24, 2.45) is 0 Å². The molecule has 2 amide bonds. The molecule has 0 aromatic heterocycles. The van der Waals surface area contributed by atoms with E-state index in [1.54, 1.807) is 53.4 Å². The molecule has 0 radical (unpaired) electrons. The predicted molar refractivity (Wildman–Crippen MR) is 156 cm³/mol. The number of piperazine rings is 1. The van der Waals surface area contributed by atoms with E-state index in [2.05, 4.69) is 10.2 Å². The van der Waals surface area contributed by atoms with Crippen LogP contribution in [0.4, 0.5) is 11.4 Å². The molecule has 3 aromatic carbocycles. The summed E-state index contributed by atoms with van der Waals surface area (Å²) in [6, 6.07) is 17.1. The largest absolute Gasteiger partial charge is 0.497 e. The molecule has 1 heterocycles. The van der Waals surface area contributed by atoms with Gasteiger partial charge in [0.2, 0.25) is 5.91 Å². The Kier molecular flexibility index (Phi) is 9.35. The van der Waals surface area contributed by atoms with Crippen LogP contribution in [0.25, 0.3) is 0 Å². The molecule has 1 aliphatic heterocycles. The molecule has 0 saturated carbocycles. The molecule has 0 unspecified atom stereocenters. The van der Waals surface area contributed by atoms with Gasteiger partial charge in [0.1, 0.15) is 12.3 Å². The average Bonchev–Trinajstić information content (AvgIpc) is 3.00. The number of methoxy groups -OCH3 is 3. The summed E-state index contributed by atoms with van der Waals surface area (Å²) < 4.78 is 44.3. The van der Waals surface area contributed by atoms with E-state index in [9.17, 15) is 18.0 Å². The van der Waals surface area contributed by atoms with Gasteiger partial charge in [-0.3, -0.25) is 13.9 Å². The highest BCUT2D eigenvalue weighted by Crippen LogP contribution is 2.32. The van der Waals surface area contributed by atoms with Crippen LogP contribution in [0.5, 0.6) is 17.2 Å². The number of benzene rings is 3. The predicted octanol–water partition coefficient (Wildman–Crippen LogP) is 2.93. The Morgan fingerprint density at radius 3 is 2.05 bits per heavy atom. The number of likely N-dealkylation sites (N-methyl/N-ethyl adjacent to an activating group) is 1. The summed E-state index contributed by atoms with van der Waals surface area (Å²) in [5.41, 5.74) is 1.22. The van der Waals surface area contributed by atoms with Crippen LogP contribution in [0.15, 0.2) is 71.6 Å². The molecule has 1 N–H and O–H groups in total. The van der Waals surface area contributed by atoms with Gasteiger partial charge in [0, 0.05) is 43.5 Å². The molecule has 1 saturated heterocycles. The first kappa shape index (κ1) is 29.7. The molecule has 0 spiro atoms. The standard InChI is InChI=1S/C29H34N4O7S/c1-31-15-17-32(18-16-31)29(35)21-5-7-22(8-6-21)30-28(34)20-33(23-9-11-24(38-2)12-10-23)41(36,37)25-13-14-26(39-3)27(19-25)40-4/h5-14,19H,15-18,20H2,1-4H3,(H,30,34). The fraction of sp³-hybridized carbons (Fsp3) is 0.310. The fourth-order valence-corrected chi connectivity index (χ4v) is 5.82. The maximum atomic E-state index is 13.8. The number of hydrogen-bond donors (Lipinski definition) is 1. The van der Waals surface area contributed by atoms with E-state index in [0.717, 1.165) is 17.4 Å². The molecule has 12 heteroatoms. The van der Waals surface area contributed by atoms with Gasteiger partial charge in [0.25, 0.3) is 15.9 Å². The van der Waals surface area contributed by atoms with Crippen LogP contribution >= 0.6 is 0 Å². The molecular weight excluding hydrogens is 548 g/mol. The lowest BCUT2D eigenvalue weighted by Crippen LogP contribution is -2.47. The van der Waals surface area contributed by atoms with Crippen molar-refractivity contribution < 1.29 is 32.2 Å². The third-order valence-corrected chi connectivity index (χ3v) is 8.57. The van der Waals surface area contributed by atoms with Crippen LogP contribution < -0.4 is 23.8 Å². The fourth-order valence-electron chi connectivity index (χ4n) is 4.39. The average molecular weight is 583 g/mol. The molecular formula is C29H34N4O7S. The van der Waals surface area contributed by atoms with Gasteiger partial charge in [-0.2, -0.15) is 0 Å². The van der Waals surface area contributed by atoms with Gasteiger partial charge in [-0.25, -0.2) is 8.42 Å². The molecule has 0 aliphatic carbocycles. The summed E-state index contributed by atoms with van der Waals surface area (Å²) in [5, 5.41) is 2.73. The smallest absolute Gasteiger partial charge is 0.264 e. The number of carbonyl (C=O) groups is 2. The van der Waals surface area contributed by atoms with E-state index in [1.807, 2.05) is 7.05 Å². The van der Waals surface area contributed by atoms with Gasteiger partial charge >= 0.3 is 0 Å². The number of nitrogens with zero attached hydrogens (tertiary/aromatic N) is 3. The zero-order chi connectivity index (χ0) is 29.6. The van der Waals surface area contributed by atoms with Crippen LogP contribution in [0.2, 0.25) is 0 Å². The van der Waals surface area contributed by atoms with Crippen molar-refractivity contribution in [1.82, 2.24) is 9.80 Å². The minimum Gasteiger partial charge on any atom is -0.497 e. The van der Waals surface area contributed by atoms with Crippen molar-refractivity contribution in [1.29, 1.82) is 0 Å². The van der Waals surface area contributed by atoms with Gasteiger partial charge in [0.05, 0.1) is 31.9 Å². The summed E-state index contributed by atoms with van der Waals surface area (Å²) in [5.74, 6) is 0.507. The van der Waals surface area contributed by atoms with Crippen molar-refractivity contribution in [3.8, 4) is 17.2 Å². The van der Waals surface area contributed by atoms with Crippen molar-refractivity contribution in [3.05, 3.63) is 72.3 Å². The minimum atomic E-state index is -4.21. The first-order chi connectivity index (χ1) is 19.7. The Bertz CT molecular complexity index is 1470.